The van der Waals surface area contributed by atoms with Crippen molar-refractivity contribution in [1.29, 1.82) is 0 Å². The summed E-state index contributed by atoms with van der Waals surface area (Å²) in [6.07, 6.45) is 0. The van der Waals surface area contributed by atoms with E-state index in [4.69, 9.17) is 14.2 Å². The van der Waals surface area contributed by atoms with Crippen molar-refractivity contribution in [3.63, 3.8) is 0 Å². The quantitative estimate of drug-likeness (QED) is 0.714. The van der Waals surface area contributed by atoms with Crippen LogP contribution in [0.1, 0.15) is 11.1 Å². The Labute approximate surface area is 130 Å². The highest BCUT2D eigenvalue weighted by molar-refractivity contribution is 5.80. The van der Waals surface area contributed by atoms with Crippen molar-refractivity contribution in [2.75, 3.05) is 20.3 Å². The first-order valence-electron chi connectivity index (χ1n) is 7.12. The van der Waals surface area contributed by atoms with Crippen LogP contribution in [0.15, 0.2) is 54.6 Å². The van der Waals surface area contributed by atoms with Gasteiger partial charge < -0.3 is 14.2 Å². The van der Waals surface area contributed by atoms with Crippen LogP contribution in [0.4, 0.5) is 0 Å². The first kappa shape index (κ1) is 16.2. The molecule has 0 spiro atoms. The molecule has 116 valence electrons. The van der Waals surface area contributed by atoms with Crippen molar-refractivity contribution in [3.05, 3.63) is 65.7 Å². The van der Waals surface area contributed by atoms with Gasteiger partial charge in [-0.15, -0.1) is 0 Å². The van der Waals surface area contributed by atoms with Crippen molar-refractivity contribution < 1.29 is 19.0 Å². The molecule has 0 N–H and O–H groups in total. The molecule has 0 saturated carbocycles. The van der Waals surface area contributed by atoms with Gasteiger partial charge in [0, 0.05) is 0 Å². The average Bonchev–Trinajstić information content (AvgIpc) is 2.56. The highest BCUT2D eigenvalue weighted by Crippen LogP contribution is 2.11. The van der Waals surface area contributed by atoms with E-state index in [1.807, 2.05) is 54.6 Å². The molecule has 0 radical (unpaired) electrons. The molecular weight excluding hydrogens is 280 g/mol. The zero-order chi connectivity index (χ0) is 15.6. The Balaban J connectivity index is 1.61. The summed E-state index contributed by atoms with van der Waals surface area (Å²) in [6.45, 7) is 0.956. The van der Waals surface area contributed by atoms with E-state index in [2.05, 4.69) is 0 Å². The molecule has 0 aliphatic carbocycles. The Bertz CT molecular complexity index is 563. The number of hydrogen-bond acceptors (Lipinski definition) is 4. The van der Waals surface area contributed by atoms with E-state index in [0.29, 0.717) is 13.2 Å². The van der Waals surface area contributed by atoms with E-state index in [9.17, 15) is 4.79 Å². The van der Waals surface area contributed by atoms with Gasteiger partial charge in [-0.2, -0.15) is 0 Å². The fourth-order valence-electron chi connectivity index (χ4n) is 1.90. The second-order valence-electron chi connectivity index (χ2n) is 4.86. The first-order chi connectivity index (χ1) is 10.8. The molecule has 2 aromatic rings. The van der Waals surface area contributed by atoms with Gasteiger partial charge >= 0.3 is 0 Å². The van der Waals surface area contributed by atoms with Crippen LogP contribution in [0.3, 0.4) is 0 Å². The van der Waals surface area contributed by atoms with Gasteiger partial charge in [0.15, 0.2) is 5.78 Å². The summed E-state index contributed by atoms with van der Waals surface area (Å²) >= 11 is 0. The first-order valence-corrected chi connectivity index (χ1v) is 7.12. The van der Waals surface area contributed by atoms with Gasteiger partial charge in [-0.1, -0.05) is 42.5 Å². The third-order valence-electron chi connectivity index (χ3n) is 3.07. The number of benzene rings is 2. The van der Waals surface area contributed by atoms with Crippen molar-refractivity contribution in [2.45, 2.75) is 13.2 Å². The lowest BCUT2D eigenvalue weighted by Crippen LogP contribution is -2.15. The van der Waals surface area contributed by atoms with Gasteiger partial charge in [0.25, 0.3) is 0 Å². The molecule has 2 rings (SSSR count). The number of Topliss-reactive ketones (excluding diaryl/α,β-unsaturated/α-hetero) is 1. The predicted octanol–water partition coefficient (Wildman–Crippen LogP) is 3.00. The molecule has 0 bridgehead atoms. The lowest BCUT2D eigenvalue weighted by atomic mass is 10.2. The summed E-state index contributed by atoms with van der Waals surface area (Å²) in [7, 11) is 1.62. The summed E-state index contributed by atoms with van der Waals surface area (Å²) in [5.74, 6) is 0.735. The Morgan fingerprint density at radius 3 is 1.91 bits per heavy atom. The number of carbonyl (C=O) groups excluding carboxylic acids is 1. The standard InChI is InChI=1S/C18H20O4/c1-20-18-9-7-16(8-10-18)12-22-14-17(19)13-21-11-15-5-3-2-4-6-15/h2-10H,11-14H2,1H3. The topological polar surface area (TPSA) is 44.8 Å². The lowest BCUT2D eigenvalue weighted by Gasteiger charge is -2.06. The second kappa shape index (κ2) is 8.97. The van der Waals surface area contributed by atoms with Crippen molar-refractivity contribution in [1.82, 2.24) is 0 Å². The van der Waals surface area contributed by atoms with Gasteiger partial charge in [0.2, 0.25) is 0 Å². The number of methoxy groups -OCH3 is 1. The number of rotatable bonds is 9. The summed E-state index contributed by atoms with van der Waals surface area (Å²) in [5, 5.41) is 0. The van der Waals surface area contributed by atoms with Crippen LogP contribution in [0.25, 0.3) is 0 Å². The highest BCUT2D eigenvalue weighted by atomic mass is 16.5. The maximum atomic E-state index is 11.7. The fraction of sp³-hybridized carbons (Fsp3) is 0.278. The molecule has 0 amide bonds. The predicted molar refractivity (Wildman–Crippen MR) is 83.8 cm³/mol. The molecule has 0 aliphatic rings. The SMILES string of the molecule is COc1ccc(COCC(=O)COCc2ccccc2)cc1. The van der Waals surface area contributed by atoms with E-state index in [1.165, 1.54) is 0 Å². The summed E-state index contributed by atoms with van der Waals surface area (Å²) in [4.78, 5) is 11.7. The minimum atomic E-state index is -0.0653. The minimum absolute atomic E-state index is 0.0564. The molecule has 0 unspecified atom stereocenters. The third kappa shape index (κ3) is 5.68. The van der Waals surface area contributed by atoms with E-state index in [0.717, 1.165) is 16.9 Å². The molecule has 0 atom stereocenters. The molecule has 0 heterocycles. The van der Waals surface area contributed by atoms with E-state index in [-0.39, 0.29) is 19.0 Å². The largest absolute Gasteiger partial charge is 0.497 e. The van der Waals surface area contributed by atoms with Crippen LogP contribution < -0.4 is 4.74 Å². The maximum absolute atomic E-state index is 11.7. The summed E-state index contributed by atoms with van der Waals surface area (Å²) < 4.78 is 15.8. The highest BCUT2D eigenvalue weighted by Gasteiger charge is 2.03. The van der Waals surface area contributed by atoms with Gasteiger partial charge in [-0.05, 0) is 23.3 Å². The van der Waals surface area contributed by atoms with Gasteiger partial charge in [0.1, 0.15) is 19.0 Å². The monoisotopic (exact) mass is 300 g/mol. The van der Waals surface area contributed by atoms with Gasteiger partial charge in [-0.3, -0.25) is 4.79 Å². The molecule has 0 aliphatic heterocycles. The smallest absolute Gasteiger partial charge is 0.184 e. The fourth-order valence-corrected chi connectivity index (χ4v) is 1.90. The summed E-state index contributed by atoms with van der Waals surface area (Å²) in [6, 6.07) is 17.3. The van der Waals surface area contributed by atoms with Gasteiger partial charge in [0.05, 0.1) is 20.3 Å². The Morgan fingerprint density at radius 1 is 0.818 bits per heavy atom. The zero-order valence-corrected chi connectivity index (χ0v) is 12.7. The van der Waals surface area contributed by atoms with Crippen LogP contribution in [-0.4, -0.2) is 26.1 Å². The second-order valence-corrected chi connectivity index (χ2v) is 4.86. The maximum Gasteiger partial charge on any atom is 0.184 e. The summed E-state index contributed by atoms with van der Waals surface area (Å²) in [5.41, 5.74) is 2.05. The Kier molecular flexibility index (Phi) is 6.61. The van der Waals surface area contributed by atoms with Crippen LogP contribution in [0, 0.1) is 0 Å². The number of carbonyl (C=O) groups is 1. The van der Waals surface area contributed by atoms with Crippen molar-refractivity contribution in [2.24, 2.45) is 0 Å². The third-order valence-corrected chi connectivity index (χ3v) is 3.07. The van der Waals surface area contributed by atoms with E-state index in [1.54, 1.807) is 7.11 Å². The lowest BCUT2D eigenvalue weighted by molar-refractivity contribution is -0.129. The van der Waals surface area contributed by atoms with E-state index >= 15 is 0 Å². The molecule has 0 fully saturated rings. The van der Waals surface area contributed by atoms with Crippen molar-refractivity contribution in [3.8, 4) is 5.75 Å². The Morgan fingerprint density at radius 2 is 1.36 bits per heavy atom. The Hall–Kier alpha value is -2.17. The van der Waals surface area contributed by atoms with Crippen molar-refractivity contribution >= 4 is 5.78 Å². The molecule has 4 nitrogen and oxygen atoms in total. The van der Waals surface area contributed by atoms with E-state index < -0.39 is 0 Å². The number of ether oxygens (including phenoxy) is 3. The molecule has 2 aromatic carbocycles. The molecule has 4 heteroatoms. The van der Waals surface area contributed by atoms with Crippen LogP contribution in [0.5, 0.6) is 5.75 Å². The zero-order valence-electron chi connectivity index (χ0n) is 12.7. The average molecular weight is 300 g/mol. The van der Waals surface area contributed by atoms with Crippen LogP contribution >= 0.6 is 0 Å². The molecular formula is C18H20O4. The van der Waals surface area contributed by atoms with Gasteiger partial charge in [-0.25, -0.2) is 0 Å². The normalized spacial score (nSPS) is 10.4. The van der Waals surface area contributed by atoms with Crippen LogP contribution in [-0.2, 0) is 27.5 Å². The number of ketones is 1. The molecule has 22 heavy (non-hydrogen) atoms. The number of hydrogen-bond donors (Lipinski definition) is 0. The molecule has 0 saturated heterocycles. The minimum Gasteiger partial charge on any atom is -0.497 e. The van der Waals surface area contributed by atoms with Crippen LogP contribution in [0.2, 0.25) is 0 Å². The molecule has 0 aromatic heterocycles.